The van der Waals surface area contributed by atoms with Crippen molar-refractivity contribution in [2.24, 2.45) is 5.73 Å². The van der Waals surface area contributed by atoms with Crippen LogP contribution >= 0.6 is 0 Å². The summed E-state index contributed by atoms with van der Waals surface area (Å²) in [5, 5.41) is 7.32. The van der Waals surface area contributed by atoms with Gasteiger partial charge < -0.3 is 10.6 Å². The Morgan fingerprint density at radius 3 is 2.53 bits per heavy atom. The zero-order chi connectivity index (χ0) is 20.9. The smallest absolute Gasteiger partial charge is 0.356 e. The van der Waals surface area contributed by atoms with Gasteiger partial charge in [-0.15, -0.1) is 0 Å². The van der Waals surface area contributed by atoms with Crippen molar-refractivity contribution in [3.63, 3.8) is 0 Å². The number of likely N-dealkylation sites (tertiary alicyclic amines) is 1. The van der Waals surface area contributed by atoms with Crippen LogP contribution in [-0.4, -0.2) is 63.3 Å². The van der Waals surface area contributed by atoms with Crippen molar-refractivity contribution in [3.05, 3.63) is 36.0 Å². The fraction of sp³-hybridized carbons (Fsp3) is 0.450. The van der Waals surface area contributed by atoms with Gasteiger partial charge in [0.1, 0.15) is 17.2 Å². The first kappa shape index (κ1) is 19.3. The first-order chi connectivity index (χ1) is 14.4. The van der Waals surface area contributed by atoms with Crippen LogP contribution in [0.25, 0.3) is 22.4 Å². The average molecular weight is 417 g/mol. The average Bonchev–Trinajstić information content (AvgIpc) is 3.15. The van der Waals surface area contributed by atoms with Crippen molar-refractivity contribution < 1.29 is 13.2 Å². The standard InChI is InChI=1S/C20H22F3N7/c21-20(22,23)15-3-4-16(29-8-5-13(6-9-29)30-10-12(24)11-30)26-18(15)17-14-2-1-7-25-19(14)28-27-17/h1-4,7,12-13H,5-6,8-11,24H2,(H,25,27,28). The van der Waals surface area contributed by atoms with E-state index in [4.69, 9.17) is 5.73 Å². The topological polar surface area (TPSA) is 87.0 Å². The van der Waals surface area contributed by atoms with Gasteiger partial charge in [-0.2, -0.15) is 18.3 Å². The molecule has 0 aliphatic carbocycles. The van der Waals surface area contributed by atoms with E-state index in [0.717, 1.165) is 45.1 Å². The summed E-state index contributed by atoms with van der Waals surface area (Å²) in [4.78, 5) is 13.0. The summed E-state index contributed by atoms with van der Waals surface area (Å²) < 4.78 is 41.1. The van der Waals surface area contributed by atoms with E-state index in [9.17, 15) is 13.2 Å². The predicted octanol–water partition coefficient (Wildman–Crippen LogP) is 2.65. The Kier molecular flexibility index (Phi) is 4.62. The quantitative estimate of drug-likeness (QED) is 0.681. The van der Waals surface area contributed by atoms with Gasteiger partial charge >= 0.3 is 6.18 Å². The van der Waals surface area contributed by atoms with Crippen LogP contribution < -0.4 is 10.6 Å². The highest BCUT2D eigenvalue weighted by Gasteiger charge is 2.37. The Labute approximate surface area is 171 Å². The number of hydrogen-bond donors (Lipinski definition) is 2. The van der Waals surface area contributed by atoms with Crippen molar-refractivity contribution in [2.45, 2.75) is 31.1 Å². The molecule has 0 atom stereocenters. The highest BCUT2D eigenvalue weighted by Crippen LogP contribution is 2.38. The van der Waals surface area contributed by atoms with Gasteiger partial charge in [0.2, 0.25) is 0 Å². The van der Waals surface area contributed by atoms with Crippen LogP contribution in [0.1, 0.15) is 18.4 Å². The molecule has 0 bridgehead atoms. The molecule has 0 unspecified atom stereocenters. The van der Waals surface area contributed by atoms with Crippen LogP contribution in [0.15, 0.2) is 30.5 Å². The second-order valence-electron chi connectivity index (χ2n) is 7.97. The van der Waals surface area contributed by atoms with Gasteiger partial charge in [0.15, 0.2) is 5.65 Å². The molecule has 0 spiro atoms. The molecule has 0 saturated carbocycles. The van der Waals surface area contributed by atoms with Gasteiger partial charge in [0.25, 0.3) is 0 Å². The second-order valence-corrected chi connectivity index (χ2v) is 7.97. The van der Waals surface area contributed by atoms with E-state index in [2.05, 4.69) is 25.1 Å². The Balaban J connectivity index is 1.46. The fourth-order valence-electron chi connectivity index (χ4n) is 4.38. The zero-order valence-corrected chi connectivity index (χ0v) is 16.2. The number of nitrogens with zero attached hydrogens (tertiary/aromatic N) is 5. The van der Waals surface area contributed by atoms with E-state index < -0.39 is 11.7 Å². The van der Waals surface area contributed by atoms with Gasteiger partial charge in [-0.1, -0.05) is 0 Å². The van der Waals surface area contributed by atoms with Crippen molar-refractivity contribution in [1.82, 2.24) is 25.1 Å². The summed E-state index contributed by atoms with van der Waals surface area (Å²) in [7, 11) is 0. The summed E-state index contributed by atoms with van der Waals surface area (Å²) >= 11 is 0. The molecule has 5 rings (SSSR count). The molecule has 7 nitrogen and oxygen atoms in total. The maximum atomic E-state index is 13.7. The van der Waals surface area contributed by atoms with Crippen molar-refractivity contribution in [3.8, 4) is 11.4 Å². The number of aromatic amines is 1. The molecule has 0 aromatic carbocycles. The molecule has 2 saturated heterocycles. The lowest BCUT2D eigenvalue weighted by atomic mass is 9.98. The van der Waals surface area contributed by atoms with Crippen LogP contribution in [0.5, 0.6) is 0 Å². The number of anilines is 1. The third-order valence-corrected chi connectivity index (χ3v) is 5.99. The molecule has 0 radical (unpaired) electrons. The Hall–Kier alpha value is -2.72. The number of rotatable bonds is 3. The second kappa shape index (κ2) is 7.21. The summed E-state index contributed by atoms with van der Waals surface area (Å²) in [5.74, 6) is 0.539. The summed E-state index contributed by atoms with van der Waals surface area (Å²) in [6.07, 6.45) is -1.08. The molecule has 10 heteroatoms. The maximum Gasteiger partial charge on any atom is 0.418 e. The number of nitrogens with two attached hydrogens (primary N) is 1. The monoisotopic (exact) mass is 417 g/mol. The van der Waals surface area contributed by atoms with Crippen LogP contribution in [0.2, 0.25) is 0 Å². The van der Waals surface area contributed by atoms with Gasteiger partial charge in [0.05, 0.1) is 5.56 Å². The molecular weight excluding hydrogens is 395 g/mol. The lowest BCUT2D eigenvalue weighted by molar-refractivity contribution is -0.137. The SMILES string of the molecule is NC1CN(C2CCN(c3ccc(C(F)(F)F)c(-c4n[nH]c5ncccc45)n3)CC2)C1. The molecule has 2 aliphatic rings. The van der Waals surface area contributed by atoms with Gasteiger partial charge in [-0.25, -0.2) is 9.97 Å². The van der Waals surface area contributed by atoms with E-state index in [0.29, 0.717) is 22.9 Å². The highest BCUT2D eigenvalue weighted by atomic mass is 19.4. The van der Waals surface area contributed by atoms with E-state index in [1.807, 2.05) is 4.90 Å². The van der Waals surface area contributed by atoms with Gasteiger partial charge in [0, 0.05) is 49.8 Å². The number of H-pyrrole nitrogens is 1. The molecule has 2 fully saturated rings. The lowest BCUT2D eigenvalue weighted by Crippen LogP contribution is -2.61. The normalized spacial score (nSPS) is 19.4. The molecule has 0 amide bonds. The van der Waals surface area contributed by atoms with E-state index >= 15 is 0 Å². The number of halogens is 3. The molecule has 5 heterocycles. The molecular formula is C20H22F3N7. The molecule has 3 aromatic rings. The Bertz CT molecular complexity index is 1050. The molecule has 2 aliphatic heterocycles. The van der Waals surface area contributed by atoms with Crippen molar-refractivity contribution in [2.75, 3.05) is 31.1 Å². The van der Waals surface area contributed by atoms with Gasteiger partial charge in [-0.3, -0.25) is 10.00 Å². The number of hydrogen-bond acceptors (Lipinski definition) is 6. The molecule has 3 N–H and O–H groups in total. The highest BCUT2D eigenvalue weighted by molar-refractivity contribution is 5.90. The number of fused-ring (bicyclic) bond motifs is 1. The minimum atomic E-state index is -4.53. The number of nitrogens with one attached hydrogen (secondary N) is 1. The summed E-state index contributed by atoms with van der Waals surface area (Å²) in [6, 6.07) is 6.68. The number of pyridine rings is 2. The van der Waals surface area contributed by atoms with Gasteiger partial charge in [-0.05, 0) is 37.1 Å². The Morgan fingerprint density at radius 1 is 1.07 bits per heavy atom. The van der Waals surface area contributed by atoms with Crippen LogP contribution in [0, 0.1) is 0 Å². The first-order valence-corrected chi connectivity index (χ1v) is 10.0. The third-order valence-electron chi connectivity index (χ3n) is 5.99. The molecule has 158 valence electrons. The Morgan fingerprint density at radius 2 is 1.83 bits per heavy atom. The zero-order valence-electron chi connectivity index (χ0n) is 16.2. The van der Waals surface area contributed by atoms with E-state index in [1.165, 1.54) is 6.07 Å². The fourth-order valence-corrected chi connectivity index (χ4v) is 4.38. The lowest BCUT2D eigenvalue weighted by Gasteiger charge is -2.46. The molecule has 30 heavy (non-hydrogen) atoms. The largest absolute Gasteiger partial charge is 0.418 e. The van der Waals surface area contributed by atoms with E-state index in [1.54, 1.807) is 18.3 Å². The van der Waals surface area contributed by atoms with E-state index in [-0.39, 0.29) is 17.4 Å². The van der Waals surface area contributed by atoms with Crippen LogP contribution in [0.3, 0.4) is 0 Å². The molecule has 3 aromatic heterocycles. The number of piperidine rings is 1. The first-order valence-electron chi connectivity index (χ1n) is 10.0. The number of aromatic nitrogens is 4. The maximum absolute atomic E-state index is 13.7. The summed E-state index contributed by atoms with van der Waals surface area (Å²) in [6.45, 7) is 3.34. The van der Waals surface area contributed by atoms with Crippen molar-refractivity contribution in [1.29, 1.82) is 0 Å². The van der Waals surface area contributed by atoms with Crippen LogP contribution in [0.4, 0.5) is 19.0 Å². The number of alkyl halides is 3. The minimum absolute atomic E-state index is 0.164. The van der Waals surface area contributed by atoms with Crippen molar-refractivity contribution >= 4 is 16.9 Å². The summed E-state index contributed by atoms with van der Waals surface area (Å²) in [5.41, 5.74) is 5.50. The van der Waals surface area contributed by atoms with Crippen LogP contribution in [-0.2, 0) is 6.18 Å². The minimum Gasteiger partial charge on any atom is -0.356 e. The predicted molar refractivity (Wildman–Crippen MR) is 107 cm³/mol. The third kappa shape index (κ3) is 3.39.